The number of hydrogen-bond donors (Lipinski definition) is 2. The van der Waals surface area contributed by atoms with Crippen LogP contribution in [0.3, 0.4) is 0 Å². The van der Waals surface area contributed by atoms with Crippen LogP contribution in [-0.4, -0.2) is 49.1 Å². The van der Waals surface area contributed by atoms with Gasteiger partial charge in [0.15, 0.2) is 17.9 Å². The van der Waals surface area contributed by atoms with Crippen molar-refractivity contribution in [3.05, 3.63) is 89.9 Å². The number of methoxy groups -OCH3 is 1. The van der Waals surface area contributed by atoms with E-state index in [1.54, 1.807) is 43.5 Å². The highest BCUT2D eigenvalue weighted by Crippen LogP contribution is 2.34. The van der Waals surface area contributed by atoms with Crippen LogP contribution >= 0.6 is 0 Å². The van der Waals surface area contributed by atoms with E-state index in [4.69, 9.17) is 13.9 Å². The second-order valence-corrected chi connectivity index (χ2v) is 7.70. The standard InChI is InChI=1S/C25H25N3O6/c1-32-15-13-26-24(30)21-22(34-25(31)28(21)16-17-6-3-2-4-7-17)18-9-11-19(12-10-18)27-23(29)20-8-5-14-33-20/h2-12,14,21-22H,13,15-16H2,1H3,(H,26,30)(H,27,29)/t21-,22+/m1/s1. The highest BCUT2D eigenvalue weighted by Gasteiger charge is 2.46. The molecule has 2 heterocycles. The third-order valence-electron chi connectivity index (χ3n) is 5.40. The Morgan fingerprint density at radius 1 is 1.03 bits per heavy atom. The summed E-state index contributed by atoms with van der Waals surface area (Å²) < 4.78 is 15.8. The Balaban J connectivity index is 1.53. The largest absolute Gasteiger partial charge is 0.459 e. The van der Waals surface area contributed by atoms with Crippen molar-refractivity contribution in [3.63, 3.8) is 0 Å². The van der Waals surface area contributed by atoms with Gasteiger partial charge in [0.05, 0.1) is 19.4 Å². The first-order chi connectivity index (χ1) is 16.6. The number of carbonyl (C=O) groups is 3. The number of hydrogen-bond acceptors (Lipinski definition) is 6. The molecule has 9 heteroatoms. The Morgan fingerprint density at radius 3 is 2.47 bits per heavy atom. The topological polar surface area (TPSA) is 110 Å². The van der Waals surface area contributed by atoms with Crippen LogP contribution in [0.5, 0.6) is 0 Å². The molecule has 1 aliphatic rings. The van der Waals surface area contributed by atoms with Crippen molar-refractivity contribution in [2.24, 2.45) is 0 Å². The highest BCUT2D eigenvalue weighted by atomic mass is 16.6. The minimum absolute atomic E-state index is 0.193. The summed E-state index contributed by atoms with van der Waals surface area (Å²) in [6.07, 6.45) is 0.0374. The van der Waals surface area contributed by atoms with Crippen molar-refractivity contribution in [2.45, 2.75) is 18.7 Å². The van der Waals surface area contributed by atoms with Crippen LogP contribution in [-0.2, 0) is 20.8 Å². The zero-order valence-electron chi connectivity index (χ0n) is 18.6. The number of cyclic esters (lactones) is 1. The quantitative estimate of drug-likeness (QED) is 0.471. The molecule has 1 fully saturated rings. The number of benzene rings is 2. The normalized spacial score (nSPS) is 17.3. The van der Waals surface area contributed by atoms with Gasteiger partial charge in [-0.2, -0.15) is 0 Å². The van der Waals surface area contributed by atoms with Crippen molar-refractivity contribution in [1.82, 2.24) is 10.2 Å². The molecule has 0 saturated carbocycles. The average Bonchev–Trinajstić information content (AvgIpc) is 3.49. The number of anilines is 1. The lowest BCUT2D eigenvalue weighted by Gasteiger charge is -2.24. The summed E-state index contributed by atoms with van der Waals surface area (Å²) >= 11 is 0. The molecular weight excluding hydrogens is 438 g/mol. The maximum absolute atomic E-state index is 13.1. The van der Waals surface area contributed by atoms with Gasteiger partial charge in [-0.15, -0.1) is 0 Å². The van der Waals surface area contributed by atoms with Gasteiger partial charge in [-0.3, -0.25) is 14.5 Å². The molecule has 3 aromatic rings. The lowest BCUT2D eigenvalue weighted by Crippen LogP contribution is -2.46. The van der Waals surface area contributed by atoms with Gasteiger partial charge >= 0.3 is 6.09 Å². The molecule has 176 valence electrons. The SMILES string of the molecule is COCCNC(=O)[C@H]1[C@H](c2ccc(NC(=O)c3ccco3)cc2)OC(=O)N1Cc1ccccc1. The van der Waals surface area contributed by atoms with Crippen LogP contribution in [0.15, 0.2) is 77.4 Å². The van der Waals surface area contributed by atoms with Crippen LogP contribution < -0.4 is 10.6 Å². The summed E-state index contributed by atoms with van der Waals surface area (Å²) in [6.45, 7) is 0.889. The van der Waals surface area contributed by atoms with E-state index in [0.29, 0.717) is 24.4 Å². The molecule has 2 N–H and O–H groups in total. The van der Waals surface area contributed by atoms with E-state index in [9.17, 15) is 14.4 Å². The molecule has 0 radical (unpaired) electrons. The van der Waals surface area contributed by atoms with Crippen molar-refractivity contribution < 1.29 is 28.3 Å². The predicted octanol–water partition coefficient (Wildman–Crippen LogP) is 3.36. The Hall–Kier alpha value is -4.11. The number of furan rings is 1. The van der Waals surface area contributed by atoms with Gasteiger partial charge in [0.2, 0.25) is 5.91 Å². The average molecular weight is 463 g/mol. The Kier molecular flexibility index (Phi) is 7.24. The summed E-state index contributed by atoms with van der Waals surface area (Å²) in [4.78, 5) is 39.5. The molecule has 1 aliphatic heterocycles. The fraction of sp³-hybridized carbons (Fsp3) is 0.240. The first kappa shape index (κ1) is 23.1. The van der Waals surface area contributed by atoms with Gasteiger partial charge < -0.3 is 24.5 Å². The molecule has 2 aromatic carbocycles. The summed E-state index contributed by atoms with van der Waals surface area (Å²) in [5.41, 5.74) is 2.05. The van der Waals surface area contributed by atoms with E-state index in [-0.39, 0.29) is 24.1 Å². The zero-order chi connectivity index (χ0) is 23.9. The van der Waals surface area contributed by atoms with Crippen molar-refractivity contribution in [1.29, 1.82) is 0 Å². The number of amides is 3. The Bertz CT molecular complexity index is 1120. The lowest BCUT2D eigenvalue weighted by molar-refractivity contribution is -0.126. The minimum atomic E-state index is -0.867. The maximum atomic E-state index is 13.1. The number of rotatable bonds is 9. The highest BCUT2D eigenvalue weighted by molar-refractivity contribution is 6.02. The summed E-state index contributed by atoms with van der Waals surface area (Å²) in [5, 5.41) is 5.55. The zero-order valence-corrected chi connectivity index (χ0v) is 18.6. The second-order valence-electron chi connectivity index (χ2n) is 7.70. The molecule has 0 bridgehead atoms. The van der Waals surface area contributed by atoms with Gasteiger partial charge in [0, 0.05) is 19.3 Å². The molecule has 0 unspecified atom stereocenters. The van der Waals surface area contributed by atoms with Crippen molar-refractivity contribution in [2.75, 3.05) is 25.6 Å². The van der Waals surface area contributed by atoms with Gasteiger partial charge in [-0.05, 0) is 35.4 Å². The molecule has 34 heavy (non-hydrogen) atoms. The van der Waals surface area contributed by atoms with E-state index in [0.717, 1.165) is 5.56 Å². The van der Waals surface area contributed by atoms with Crippen molar-refractivity contribution >= 4 is 23.6 Å². The first-order valence-corrected chi connectivity index (χ1v) is 10.8. The van der Waals surface area contributed by atoms with Crippen LogP contribution in [0.25, 0.3) is 0 Å². The summed E-state index contributed by atoms with van der Waals surface area (Å²) in [7, 11) is 1.55. The van der Waals surface area contributed by atoms with Crippen LogP contribution in [0, 0.1) is 0 Å². The molecule has 2 atom stereocenters. The molecule has 4 rings (SSSR count). The Labute approximate surface area is 196 Å². The lowest BCUT2D eigenvalue weighted by atomic mass is 10.0. The molecule has 0 spiro atoms. The molecule has 0 aliphatic carbocycles. The summed E-state index contributed by atoms with van der Waals surface area (Å²) in [6, 6.07) is 18.5. The van der Waals surface area contributed by atoms with Crippen LogP contribution in [0.1, 0.15) is 27.8 Å². The van der Waals surface area contributed by atoms with Gasteiger partial charge in [-0.1, -0.05) is 42.5 Å². The van der Waals surface area contributed by atoms with E-state index >= 15 is 0 Å². The molecular formula is C25H25N3O6. The van der Waals surface area contributed by atoms with Gasteiger partial charge in [-0.25, -0.2) is 4.79 Å². The van der Waals surface area contributed by atoms with E-state index in [2.05, 4.69) is 10.6 Å². The predicted molar refractivity (Wildman–Crippen MR) is 123 cm³/mol. The number of ether oxygens (including phenoxy) is 2. The van der Waals surface area contributed by atoms with Crippen LogP contribution in [0.4, 0.5) is 10.5 Å². The minimum Gasteiger partial charge on any atom is -0.459 e. The van der Waals surface area contributed by atoms with E-state index in [1.165, 1.54) is 11.2 Å². The first-order valence-electron chi connectivity index (χ1n) is 10.8. The van der Waals surface area contributed by atoms with Crippen LogP contribution in [0.2, 0.25) is 0 Å². The molecule has 1 saturated heterocycles. The number of carbonyl (C=O) groups excluding carboxylic acids is 3. The maximum Gasteiger partial charge on any atom is 0.411 e. The van der Waals surface area contributed by atoms with E-state index in [1.807, 2.05) is 30.3 Å². The third kappa shape index (κ3) is 5.26. The number of nitrogens with one attached hydrogen (secondary N) is 2. The van der Waals surface area contributed by atoms with E-state index < -0.39 is 18.2 Å². The molecule has 1 aromatic heterocycles. The fourth-order valence-electron chi connectivity index (χ4n) is 3.73. The Morgan fingerprint density at radius 2 is 1.79 bits per heavy atom. The van der Waals surface area contributed by atoms with Crippen molar-refractivity contribution in [3.8, 4) is 0 Å². The van der Waals surface area contributed by atoms with Gasteiger partial charge in [0.25, 0.3) is 5.91 Å². The number of nitrogens with zero attached hydrogens (tertiary/aromatic N) is 1. The molecule has 9 nitrogen and oxygen atoms in total. The van der Waals surface area contributed by atoms with Gasteiger partial charge in [0.1, 0.15) is 0 Å². The fourth-order valence-corrected chi connectivity index (χ4v) is 3.73. The third-order valence-corrected chi connectivity index (χ3v) is 5.40. The molecule has 3 amide bonds. The monoisotopic (exact) mass is 463 g/mol. The second kappa shape index (κ2) is 10.7. The smallest absolute Gasteiger partial charge is 0.411 e. The summed E-state index contributed by atoms with van der Waals surface area (Å²) in [5.74, 6) is -0.522.